The average Bonchev–Trinajstić information content (AvgIpc) is 3.14. The van der Waals surface area contributed by atoms with E-state index in [1.807, 2.05) is 58.0 Å². The molecule has 0 amide bonds. The Labute approximate surface area is 151 Å². The van der Waals surface area contributed by atoms with Crippen LogP contribution in [0.2, 0.25) is 0 Å². The molecule has 0 aliphatic heterocycles. The smallest absolute Gasteiger partial charge is 0.239 e. The van der Waals surface area contributed by atoms with E-state index in [2.05, 4.69) is 43.5 Å². The largest absolute Gasteiger partial charge is 0.356 e. The molecule has 0 fully saturated rings. The Morgan fingerprint density at radius 1 is 0.808 bits per heavy atom. The van der Waals surface area contributed by atoms with Gasteiger partial charge >= 0.3 is 5.82 Å². The maximum absolute atomic E-state index is 4.88. The van der Waals surface area contributed by atoms with Crippen molar-refractivity contribution in [3.8, 4) is 11.5 Å². The van der Waals surface area contributed by atoms with E-state index < -0.39 is 0 Å². The van der Waals surface area contributed by atoms with Crippen molar-refractivity contribution < 1.29 is 4.57 Å². The molecule has 0 N–H and O–H groups in total. The Morgan fingerprint density at radius 3 is 2.38 bits per heavy atom. The van der Waals surface area contributed by atoms with Crippen LogP contribution in [-0.2, 0) is 0 Å². The lowest BCUT2D eigenvalue weighted by Gasteiger charge is -2.00. The zero-order valence-electron chi connectivity index (χ0n) is 14.4. The Kier molecular flexibility index (Phi) is 3.28. The third-order valence-corrected chi connectivity index (χ3v) is 4.61. The molecule has 2 aromatic carbocycles. The first-order valence-electron chi connectivity index (χ1n) is 8.61. The summed E-state index contributed by atoms with van der Waals surface area (Å²) in [5, 5.41) is 7.08. The molecular weight excluding hydrogens is 320 g/mol. The van der Waals surface area contributed by atoms with Crippen LogP contribution in [0.25, 0.3) is 33.3 Å². The second-order valence-electron chi connectivity index (χ2n) is 6.41. The molecule has 124 valence electrons. The molecule has 5 rings (SSSR count). The number of para-hydroxylation sites is 1. The standard InChI is InChI=1S/C22H17N4/c1-16-9-11-17(12-10-16)26-15-19-18-7-3-4-8-20(18)23-22(21(19)24-26)25-13-5-2-6-14-25/h2-15H,1H3/q+1. The quantitative estimate of drug-likeness (QED) is 0.453. The summed E-state index contributed by atoms with van der Waals surface area (Å²) < 4.78 is 3.95. The molecule has 3 aromatic heterocycles. The zero-order valence-corrected chi connectivity index (χ0v) is 14.4. The van der Waals surface area contributed by atoms with Crippen molar-refractivity contribution >= 4 is 21.8 Å². The van der Waals surface area contributed by atoms with E-state index in [1.165, 1.54) is 5.56 Å². The molecule has 0 saturated carbocycles. The van der Waals surface area contributed by atoms with Gasteiger partial charge in [-0.1, -0.05) is 35.9 Å². The van der Waals surface area contributed by atoms with E-state index in [0.29, 0.717) is 0 Å². The van der Waals surface area contributed by atoms with Crippen LogP contribution < -0.4 is 4.57 Å². The van der Waals surface area contributed by atoms with Gasteiger partial charge in [0.05, 0.1) is 18.1 Å². The van der Waals surface area contributed by atoms with Gasteiger partial charge < -0.3 is 0 Å². The van der Waals surface area contributed by atoms with E-state index in [0.717, 1.165) is 33.3 Å². The van der Waals surface area contributed by atoms with E-state index in [1.54, 1.807) is 0 Å². The fraction of sp³-hybridized carbons (Fsp3) is 0.0455. The normalized spacial score (nSPS) is 11.3. The van der Waals surface area contributed by atoms with Crippen LogP contribution in [-0.4, -0.2) is 14.8 Å². The molecule has 0 aliphatic rings. The van der Waals surface area contributed by atoms with Crippen LogP contribution in [0.5, 0.6) is 0 Å². The maximum Gasteiger partial charge on any atom is 0.356 e. The second kappa shape index (κ2) is 5.77. The third kappa shape index (κ3) is 2.35. The molecule has 0 bridgehead atoms. The van der Waals surface area contributed by atoms with Gasteiger partial charge in [-0.05, 0) is 48.3 Å². The molecule has 0 atom stereocenters. The van der Waals surface area contributed by atoms with E-state index in [4.69, 9.17) is 10.1 Å². The topological polar surface area (TPSA) is 34.6 Å². The van der Waals surface area contributed by atoms with Crippen molar-refractivity contribution in [3.63, 3.8) is 0 Å². The highest BCUT2D eigenvalue weighted by molar-refractivity contribution is 6.06. The summed E-state index contributed by atoms with van der Waals surface area (Å²) in [6.07, 6.45) is 6.10. The van der Waals surface area contributed by atoms with Gasteiger partial charge in [-0.15, -0.1) is 0 Å². The average molecular weight is 337 g/mol. The van der Waals surface area contributed by atoms with Gasteiger partial charge in [0.25, 0.3) is 0 Å². The summed E-state index contributed by atoms with van der Waals surface area (Å²) in [4.78, 5) is 4.88. The molecule has 4 heteroatoms. The number of rotatable bonds is 2. The first kappa shape index (κ1) is 14.8. The summed E-state index contributed by atoms with van der Waals surface area (Å²) in [5.74, 6) is 0.838. The SMILES string of the molecule is Cc1ccc(-n2cc3c(n2)c(-[n+]2ccccc2)nc2ccccc23)cc1. The monoisotopic (exact) mass is 337 g/mol. The molecule has 0 spiro atoms. The molecule has 3 heterocycles. The number of aryl methyl sites for hydroxylation is 1. The van der Waals surface area contributed by atoms with Crippen molar-refractivity contribution in [2.45, 2.75) is 6.92 Å². The van der Waals surface area contributed by atoms with Crippen molar-refractivity contribution in [2.75, 3.05) is 0 Å². The molecule has 0 unspecified atom stereocenters. The number of hydrogen-bond donors (Lipinski definition) is 0. The van der Waals surface area contributed by atoms with Gasteiger partial charge in [0.15, 0.2) is 11.0 Å². The molecule has 0 aliphatic carbocycles. The molecule has 26 heavy (non-hydrogen) atoms. The Balaban J connectivity index is 1.84. The first-order chi connectivity index (χ1) is 12.8. The lowest BCUT2D eigenvalue weighted by atomic mass is 10.1. The van der Waals surface area contributed by atoms with Crippen LogP contribution in [0.3, 0.4) is 0 Å². The highest BCUT2D eigenvalue weighted by atomic mass is 15.3. The second-order valence-corrected chi connectivity index (χ2v) is 6.41. The maximum atomic E-state index is 4.88. The minimum atomic E-state index is 0.838. The highest BCUT2D eigenvalue weighted by Crippen LogP contribution is 2.26. The molecule has 5 aromatic rings. The Bertz CT molecular complexity index is 1220. The molecule has 4 nitrogen and oxygen atoms in total. The first-order valence-corrected chi connectivity index (χ1v) is 8.61. The summed E-state index contributed by atoms with van der Waals surface area (Å²) >= 11 is 0. The van der Waals surface area contributed by atoms with Crippen LogP contribution in [0.15, 0.2) is 85.3 Å². The third-order valence-electron chi connectivity index (χ3n) is 4.61. The predicted octanol–water partition coefficient (Wildman–Crippen LogP) is 4.16. The van der Waals surface area contributed by atoms with Crippen LogP contribution in [0.1, 0.15) is 5.56 Å². The number of benzene rings is 2. The number of nitrogens with zero attached hydrogens (tertiary/aromatic N) is 4. The van der Waals surface area contributed by atoms with Gasteiger partial charge in [0.2, 0.25) is 0 Å². The van der Waals surface area contributed by atoms with Crippen molar-refractivity contribution in [1.82, 2.24) is 14.8 Å². The molecular formula is C22H17N4+. The predicted molar refractivity (Wildman–Crippen MR) is 103 cm³/mol. The minimum Gasteiger partial charge on any atom is -0.239 e. The number of aromatic nitrogens is 4. The highest BCUT2D eigenvalue weighted by Gasteiger charge is 2.21. The lowest BCUT2D eigenvalue weighted by molar-refractivity contribution is -0.598. The summed E-state index contributed by atoms with van der Waals surface area (Å²) in [5.41, 5.74) is 4.13. The fourth-order valence-corrected chi connectivity index (χ4v) is 3.25. The van der Waals surface area contributed by atoms with Gasteiger partial charge in [0, 0.05) is 17.0 Å². The summed E-state index contributed by atoms with van der Waals surface area (Å²) in [7, 11) is 0. The van der Waals surface area contributed by atoms with Crippen LogP contribution in [0, 0.1) is 6.92 Å². The van der Waals surface area contributed by atoms with Crippen LogP contribution >= 0.6 is 0 Å². The van der Waals surface area contributed by atoms with Crippen molar-refractivity contribution in [2.24, 2.45) is 0 Å². The van der Waals surface area contributed by atoms with Gasteiger partial charge in [0.1, 0.15) is 0 Å². The zero-order chi connectivity index (χ0) is 17.5. The fourth-order valence-electron chi connectivity index (χ4n) is 3.25. The van der Waals surface area contributed by atoms with E-state index in [-0.39, 0.29) is 0 Å². The number of fused-ring (bicyclic) bond motifs is 3. The summed E-state index contributed by atoms with van der Waals surface area (Å²) in [6, 6.07) is 22.6. The number of hydrogen-bond acceptors (Lipinski definition) is 2. The van der Waals surface area contributed by atoms with Gasteiger partial charge in [-0.25, -0.2) is 9.25 Å². The van der Waals surface area contributed by atoms with E-state index in [9.17, 15) is 0 Å². The molecule has 0 radical (unpaired) electrons. The van der Waals surface area contributed by atoms with E-state index >= 15 is 0 Å². The van der Waals surface area contributed by atoms with Gasteiger partial charge in [-0.3, -0.25) is 0 Å². The lowest BCUT2D eigenvalue weighted by Crippen LogP contribution is -2.30. The Hall–Kier alpha value is -3.53. The van der Waals surface area contributed by atoms with Crippen molar-refractivity contribution in [1.29, 1.82) is 0 Å². The van der Waals surface area contributed by atoms with Crippen molar-refractivity contribution in [3.05, 3.63) is 90.9 Å². The van der Waals surface area contributed by atoms with Crippen LogP contribution in [0.4, 0.5) is 0 Å². The number of pyridine rings is 2. The minimum absolute atomic E-state index is 0.838. The molecule has 0 saturated heterocycles. The summed E-state index contributed by atoms with van der Waals surface area (Å²) in [6.45, 7) is 2.09. The van der Waals surface area contributed by atoms with Gasteiger partial charge in [-0.2, -0.15) is 5.10 Å². The Morgan fingerprint density at radius 2 is 1.58 bits per heavy atom.